The monoisotopic (exact) mass is 328 g/mol. The molecule has 0 saturated heterocycles. The Kier molecular flexibility index (Phi) is 4.08. The fraction of sp³-hybridized carbons (Fsp3) is 0.471. The highest BCUT2D eigenvalue weighted by atomic mass is 32.2. The first-order valence-corrected chi connectivity index (χ1v) is 9.16. The molecular formula is C17H20N4OS. The van der Waals surface area contributed by atoms with Gasteiger partial charge < -0.3 is 5.32 Å². The average molecular weight is 328 g/mol. The van der Waals surface area contributed by atoms with E-state index >= 15 is 0 Å². The second kappa shape index (κ2) is 6.35. The molecule has 1 heterocycles. The van der Waals surface area contributed by atoms with Gasteiger partial charge in [0.25, 0.3) is 0 Å². The Morgan fingerprint density at radius 1 is 1.26 bits per heavy atom. The number of hydrogen-bond acceptors (Lipinski definition) is 4. The molecule has 2 aromatic rings. The largest absolute Gasteiger partial charge is 0.352 e. The van der Waals surface area contributed by atoms with E-state index in [1.165, 1.54) is 37.4 Å². The summed E-state index contributed by atoms with van der Waals surface area (Å²) in [6.45, 7) is 0. The normalized spacial score (nSPS) is 25.7. The number of amides is 1. The molecule has 2 saturated carbocycles. The number of rotatable bonds is 5. The molecule has 1 aromatic heterocycles. The predicted molar refractivity (Wildman–Crippen MR) is 89.9 cm³/mol. The molecule has 4 rings (SSSR count). The van der Waals surface area contributed by atoms with Crippen LogP contribution in [0.25, 0.3) is 11.4 Å². The van der Waals surface area contributed by atoms with Crippen molar-refractivity contribution in [3.8, 4) is 11.4 Å². The van der Waals surface area contributed by atoms with Crippen molar-refractivity contribution >= 4 is 17.7 Å². The van der Waals surface area contributed by atoms with Crippen molar-refractivity contribution in [3.63, 3.8) is 0 Å². The number of H-pyrrole nitrogens is 1. The van der Waals surface area contributed by atoms with Gasteiger partial charge in [0.05, 0.1) is 5.75 Å². The van der Waals surface area contributed by atoms with Gasteiger partial charge in [0, 0.05) is 11.6 Å². The van der Waals surface area contributed by atoms with Crippen LogP contribution in [-0.4, -0.2) is 32.9 Å². The quantitative estimate of drug-likeness (QED) is 0.828. The van der Waals surface area contributed by atoms with Crippen LogP contribution in [-0.2, 0) is 4.79 Å². The zero-order valence-electron chi connectivity index (χ0n) is 12.9. The highest BCUT2D eigenvalue weighted by Gasteiger charge is 2.39. The van der Waals surface area contributed by atoms with E-state index in [1.807, 2.05) is 30.3 Å². The fourth-order valence-corrected chi connectivity index (χ4v) is 4.45. The van der Waals surface area contributed by atoms with Crippen molar-refractivity contribution < 1.29 is 4.79 Å². The number of aromatic nitrogens is 3. The van der Waals surface area contributed by atoms with Gasteiger partial charge in [0.1, 0.15) is 0 Å². The molecule has 1 aromatic carbocycles. The summed E-state index contributed by atoms with van der Waals surface area (Å²) in [5.74, 6) is 2.77. The number of carbonyl (C=O) groups is 1. The summed E-state index contributed by atoms with van der Waals surface area (Å²) in [6, 6.07) is 10.3. The summed E-state index contributed by atoms with van der Waals surface area (Å²) in [5.41, 5.74) is 0.998. The van der Waals surface area contributed by atoms with E-state index in [1.54, 1.807) is 0 Å². The van der Waals surface area contributed by atoms with E-state index in [4.69, 9.17) is 0 Å². The van der Waals surface area contributed by atoms with Crippen molar-refractivity contribution in [2.45, 2.75) is 36.9 Å². The number of carbonyl (C=O) groups excluding carboxylic acids is 1. The maximum Gasteiger partial charge on any atom is 0.230 e. The molecule has 2 aliphatic carbocycles. The first-order valence-electron chi connectivity index (χ1n) is 8.18. The van der Waals surface area contributed by atoms with Gasteiger partial charge in [-0.15, -0.1) is 5.10 Å². The summed E-state index contributed by atoms with van der Waals surface area (Å²) in [7, 11) is 0. The first-order chi connectivity index (χ1) is 11.3. The van der Waals surface area contributed by atoms with E-state index in [9.17, 15) is 4.79 Å². The summed E-state index contributed by atoms with van der Waals surface area (Å²) in [6.07, 6.45) is 5.11. The third-order valence-corrected chi connectivity index (χ3v) is 5.78. The van der Waals surface area contributed by atoms with Crippen LogP contribution >= 0.6 is 11.8 Å². The van der Waals surface area contributed by atoms with E-state index in [-0.39, 0.29) is 5.91 Å². The minimum atomic E-state index is 0.0959. The van der Waals surface area contributed by atoms with Gasteiger partial charge in [-0.3, -0.25) is 9.89 Å². The molecule has 2 bridgehead atoms. The standard InChI is InChI=1S/C17H20N4OS/c22-15(18-14-9-11-6-7-13(14)8-11)10-23-17-19-16(20-21-17)12-4-2-1-3-5-12/h1-5,11,13-14H,6-10H2,(H,18,22)(H,19,20,21)/t11-,13-,14+/m0/s1. The Balaban J connectivity index is 1.29. The Morgan fingerprint density at radius 2 is 2.13 bits per heavy atom. The summed E-state index contributed by atoms with van der Waals surface area (Å²) < 4.78 is 0. The van der Waals surface area contributed by atoms with Crippen LogP contribution in [0.4, 0.5) is 0 Å². The van der Waals surface area contributed by atoms with Crippen LogP contribution < -0.4 is 5.32 Å². The molecule has 0 aliphatic heterocycles. The number of fused-ring (bicyclic) bond motifs is 2. The molecule has 2 N–H and O–H groups in total. The molecule has 5 nitrogen and oxygen atoms in total. The molecule has 6 heteroatoms. The van der Waals surface area contributed by atoms with E-state index in [0.29, 0.717) is 22.9 Å². The second-order valence-corrected chi connectivity index (χ2v) is 7.41. The number of hydrogen-bond donors (Lipinski definition) is 2. The molecule has 0 unspecified atom stereocenters. The molecule has 23 heavy (non-hydrogen) atoms. The van der Waals surface area contributed by atoms with Gasteiger partial charge >= 0.3 is 0 Å². The predicted octanol–water partition coefficient (Wildman–Crippen LogP) is 2.87. The first kappa shape index (κ1) is 14.8. The van der Waals surface area contributed by atoms with Crippen LogP contribution in [0.3, 0.4) is 0 Å². The Bertz CT molecular complexity index is 687. The molecule has 3 atom stereocenters. The average Bonchev–Trinajstić information content (AvgIpc) is 3.30. The van der Waals surface area contributed by atoms with Gasteiger partial charge in [-0.2, -0.15) is 0 Å². The molecule has 0 radical (unpaired) electrons. The van der Waals surface area contributed by atoms with Crippen LogP contribution in [0.5, 0.6) is 0 Å². The highest BCUT2D eigenvalue weighted by Crippen LogP contribution is 2.44. The minimum Gasteiger partial charge on any atom is -0.352 e. The molecule has 0 spiro atoms. The molecule has 120 valence electrons. The number of nitrogens with zero attached hydrogens (tertiary/aromatic N) is 2. The van der Waals surface area contributed by atoms with Crippen molar-refractivity contribution in [1.29, 1.82) is 0 Å². The lowest BCUT2D eigenvalue weighted by Crippen LogP contribution is -2.39. The fourth-order valence-electron chi connectivity index (χ4n) is 3.84. The van der Waals surface area contributed by atoms with Crippen molar-refractivity contribution in [3.05, 3.63) is 30.3 Å². The topological polar surface area (TPSA) is 70.7 Å². The minimum absolute atomic E-state index is 0.0959. The van der Waals surface area contributed by atoms with Gasteiger partial charge in [-0.1, -0.05) is 48.5 Å². The summed E-state index contributed by atoms with van der Waals surface area (Å²) in [4.78, 5) is 16.6. The van der Waals surface area contributed by atoms with E-state index in [2.05, 4.69) is 20.5 Å². The lowest BCUT2D eigenvalue weighted by molar-refractivity contribution is -0.119. The number of benzene rings is 1. The van der Waals surface area contributed by atoms with Gasteiger partial charge in [0.2, 0.25) is 11.1 Å². The smallest absolute Gasteiger partial charge is 0.230 e. The van der Waals surface area contributed by atoms with E-state index in [0.717, 1.165) is 17.3 Å². The van der Waals surface area contributed by atoms with Crippen molar-refractivity contribution in [2.24, 2.45) is 11.8 Å². The van der Waals surface area contributed by atoms with Crippen LogP contribution in [0.1, 0.15) is 25.7 Å². The third kappa shape index (κ3) is 3.27. The Hall–Kier alpha value is -1.82. The van der Waals surface area contributed by atoms with Crippen LogP contribution in [0, 0.1) is 11.8 Å². The molecular weight excluding hydrogens is 308 g/mol. The highest BCUT2D eigenvalue weighted by molar-refractivity contribution is 7.99. The van der Waals surface area contributed by atoms with Gasteiger partial charge in [0.15, 0.2) is 5.82 Å². The molecule has 2 aliphatic rings. The molecule has 1 amide bonds. The molecule has 2 fully saturated rings. The number of nitrogens with one attached hydrogen (secondary N) is 2. The lowest BCUT2D eigenvalue weighted by Gasteiger charge is -2.22. The summed E-state index contributed by atoms with van der Waals surface area (Å²) in [5, 5.41) is 10.9. The second-order valence-electron chi connectivity index (χ2n) is 6.47. The van der Waals surface area contributed by atoms with E-state index < -0.39 is 0 Å². The number of thioether (sulfide) groups is 1. The van der Waals surface area contributed by atoms with Crippen LogP contribution in [0.15, 0.2) is 35.5 Å². The Morgan fingerprint density at radius 3 is 2.87 bits per heavy atom. The number of aromatic amines is 1. The third-order valence-electron chi connectivity index (χ3n) is 4.93. The zero-order valence-corrected chi connectivity index (χ0v) is 13.7. The SMILES string of the molecule is O=C(CSc1n[nH]c(-c2ccccc2)n1)N[C@@H]1C[C@H]2CC[C@H]1C2. The van der Waals surface area contributed by atoms with Gasteiger partial charge in [-0.25, -0.2) is 4.98 Å². The Labute approximate surface area is 139 Å². The lowest BCUT2D eigenvalue weighted by atomic mass is 9.95. The van der Waals surface area contributed by atoms with Crippen LogP contribution in [0.2, 0.25) is 0 Å². The van der Waals surface area contributed by atoms with Crippen molar-refractivity contribution in [2.75, 3.05) is 5.75 Å². The zero-order chi connectivity index (χ0) is 15.6. The summed E-state index contributed by atoms with van der Waals surface area (Å²) >= 11 is 1.38. The van der Waals surface area contributed by atoms with Gasteiger partial charge in [-0.05, 0) is 31.1 Å². The maximum absolute atomic E-state index is 12.1. The maximum atomic E-state index is 12.1. The van der Waals surface area contributed by atoms with Crippen molar-refractivity contribution in [1.82, 2.24) is 20.5 Å².